The van der Waals surface area contributed by atoms with Crippen molar-refractivity contribution in [1.82, 2.24) is 10.1 Å². The van der Waals surface area contributed by atoms with Gasteiger partial charge in [-0.1, -0.05) is 28.4 Å². The molecule has 0 aliphatic carbocycles. The molecule has 9 heteroatoms. The third-order valence-electron chi connectivity index (χ3n) is 4.20. The summed E-state index contributed by atoms with van der Waals surface area (Å²) < 4.78 is 4.93. The Hall–Kier alpha value is -2.25. The van der Waals surface area contributed by atoms with E-state index in [9.17, 15) is 9.59 Å². The van der Waals surface area contributed by atoms with Gasteiger partial charge < -0.3 is 20.1 Å². The van der Waals surface area contributed by atoms with Crippen LogP contribution in [0.1, 0.15) is 18.6 Å². The first-order chi connectivity index (χ1) is 12.4. The summed E-state index contributed by atoms with van der Waals surface area (Å²) >= 11 is 11.8. The van der Waals surface area contributed by atoms with Gasteiger partial charge >= 0.3 is 6.03 Å². The van der Waals surface area contributed by atoms with Crippen LogP contribution in [0.25, 0.3) is 0 Å². The number of carbonyl (C=O) groups is 2. The number of rotatable bonds is 3. The lowest BCUT2D eigenvalue weighted by Crippen LogP contribution is -2.43. The van der Waals surface area contributed by atoms with E-state index in [0.717, 1.165) is 0 Å². The van der Waals surface area contributed by atoms with E-state index >= 15 is 0 Å². The Kier molecular flexibility index (Phi) is 5.68. The molecule has 1 aromatic carbocycles. The minimum Gasteiger partial charge on any atom is -0.360 e. The average molecular weight is 397 g/mol. The van der Waals surface area contributed by atoms with Crippen molar-refractivity contribution < 1.29 is 14.1 Å². The predicted octanol–water partition coefficient (Wildman–Crippen LogP) is 4.17. The number of hydrogen-bond donors (Lipinski definition) is 2. The second-order valence-corrected chi connectivity index (χ2v) is 6.95. The summed E-state index contributed by atoms with van der Waals surface area (Å²) in [5, 5.41) is 10.1. The fourth-order valence-electron chi connectivity index (χ4n) is 2.77. The molecule has 26 heavy (non-hydrogen) atoms. The van der Waals surface area contributed by atoms with Gasteiger partial charge in [0.25, 0.3) is 0 Å². The zero-order valence-corrected chi connectivity index (χ0v) is 15.6. The first kappa shape index (κ1) is 18.5. The number of benzene rings is 1. The van der Waals surface area contributed by atoms with Gasteiger partial charge in [0, 0.05) is 30.8 Å². The van der Waals surface area contributed by atoms with Crippen molar-refractivity contribution in [2.45, 2.75) is 19.8 Å². The van der Waals surface area contributed by atoms with E-state index in [4.69, 9.17) is 27.7 Å². The van der Waals surface area contributed by atoms with Crippen molar-refractivity contribution in [3.05, 3.63) is 40.1 Å². The minimum atomic E-state index is -0.227. The Morgan fingerprint density at radius 1 is 1.15 bits per heavy atom. The molecule has 2 heterocycles. The van der Waals surface area contributed by atoms with Crippen LogP contribution in [-0.4, -0.2) is 35.1 Å². The van der Waals surface area contributed by atoms with E-state index in [2.05, 4.69) is 15.8 Å². The van der Waals surface area contributed by atoms with Crippen molar-refractivity contribution in [3.8, 4) is 0 Å². The van der Waals surface area contributed by atoms with Crippen molar-refractivity contribution in [3.63, 3.8) is 0 Å². The lowest BCUT2D eigenvalue weighted by molar-refractivity contribution is -0.121. The molecule has 138 valence electrons. The molecular weight excluding hydrogens is 379 g/mol. The fourth-order valence-corrected chi connectivity index (χ4v) is 3.07. The summed E-state index contributed by atoms with van der Waals surface area (Å²) in [4.78, 5) is 26.3. The predicted molar refractivity (Wildman–Crippen MR) is 99.6 cm³/mol. The van der Waals surface area contributed by atoms with Crippen molar-refractivity contribution in [2.24, 2.45) is 5.92 Å². The van der Waals surface area contributed by atoms with E-state index in [1.54, 1.807) is 36.1 Å². The van der Waals surface area contributed by atoms with E-state index in [-0.39, 0.29) is 17.9 Å². The van der Waals surface area contributed by atoms with E-state index in [0.29, 0.717) is 53.2 Å². The van der Waals surface area contributed by atoms with Gasteiger partial charge in [0.1, 0.15) is 5.76 Å². The largest absolute Gasteiger partial charge is 0.360 e. The van der Waals surface area contributed by atoms with Crippen LogP contribution < -0.4 is 10.6 Å². The Morgan fingerprint density at radius 3 is 2.50 bits per heavy atom. The van der Waals surface area contributed by atoms with Crippen LogP contribution >= 0.6 is 23.2 Å². The molecule has 1 fully saturated rings. The topological polar surface area (TPSA) is 87.5 Å². The molecule has 1 aliphatic rings. The number of nitrogens with zero attached hydrogens (tertiary/aromatic N) is 2. The van der Waals surface area contributed by atoms with Gasteiger partial charge in [-0.25, -0.2) is 4.79 Å². The highest BCUT2D eigenvalue weighted by atomic mass is 35.5. The number of aromatic nitrogens is 1. The number of hydrogen-bond acceptors (Lipinski definition) is 4. The summed E-state index contributed by atoms with van der Waals surface area (Å²) in [6.07, 6.45) is 1.16. The van der Waals surface area contributed by atoms with E-state index in [1.165, 1.54) is 0 Å². The second-order valence-electron chi connectivity index (χ2n) is 6.13. The van der Waals surface area contributed by atoms with Crippen LogP contribution in [0.15, 0.2) is 28.8 Å². The van der Waals surface area contributed by atoms with Crippen LogP contribution in [0.4, 0.5) is 16.3 Å². The first-order valence-corrected chi connectivity index (χ1v) is 8.93. The molecule has 1 aliphatic heterocycles. The van der Waals surface area contributed by atoms with Gasteiger partial charge in [0.2, 0.25) is 5.91 Å². The molecule has 2 N–H and O–H groups in total. The third kappa shape index (κ3) is 4.47. The Balaban J connectivity index is 1.50. The zero-order chi connectivity index (χ0) is 18.7. The van der Waals surface area contributed by atoms with Crippen LogP contribution in [0.2, 0.25) is 10.0 Å². The Labute approximate surface area is 160 Å². The molecule has 2 aromatic rings. The number of likely N-dealkylation sites (tertiary alicyclic amines) is 1. The normalized spacial score (nSPS) is 15.0. The molecule has 0 spiro atoms. The van der Waals surface area contributed by atoms with Gasteiger partial charge in [-0.15, -0.1) is 0 Å². The number of aryl methyl sites for hydroxylation is 1. The highest BCUT2D eigenvalue weighted by molar-refractivity contribution is 6.42. The third-order valence-corrected chi connectivity index (χ3v) is 4.94. The maximum absolute atomic E-state index is 12.3. The van der Waals surface area contributed by atoms with Crippen LogP contribution in [-0.2, 0) is 4.79 Å². The summed E-state index contributed by atoms with van der Waals surface area (Å²) in [7, 11) is 0. The number of amides is 3. The van der Waals surface area contributed by atoms with Crippen LogP contribution in [0.5, 0.6) is 0 Å². The summed E-state index contributed by atoms with van der Waals surface area (Å²) in [6.45, 7) is 2.74. The molecule has 7 nitrogen and oxygen atoms in total. The van der Waals surface area contributed by atoms with Gasteiger partial charge in [-0.05, 0) is 38.0 Å². The number of piperidine rings is 1. The lowest BCUT2D eigenvalue weighted by Gasteiger charge is -2.31. The molecule has 0 atom stereocenters. The number of halogens is 2. The van der Waals surface area contributed by atoms with Gasteiger partial charge in [-0.3, -0.25) is 4.79 Å². The molecule has 0 bridgehead atoms. The van der Waals surface area contributed by atoms with Crippen molar-refractivity contribution in [1.29, 1.82) is 0 Å². The van der Waals surface area contributed by atoms with Gasteiger partial charge in [0.15, 0.2) is 5.82 Å². The van der Waals surface area contributed by atoms with Gasteiger partial charge in [0.05, 0.1) is 10.0 Å². The smallest absolute Gasteiger partial charge is 0.321 e. The van der Waals surface area contributed by atoms with Crippen molar-refractivity contribution in [2.75, 3.05) is 23.7 Å². The van der Waals surface area contributed by atoms with Gasteiger partial charge in [-0.2, -0.15) is 0 Å². The van der Waals surface area contributed by atoms with E-state index < -0.39 is 0 Å². The minimum absolute atomic E-state index is 0.108. The maximum atomic E-state index is 12.3. The Morgan fingerprint density at radius 2 is 1.88 bits per heavy atom. The molecular formula is C17H18Cl2N4O3. The summed E-state index contributed by atoms with van der Waals surface area (Å²) in [5.41, 5.74) is 0.575. The quantitative estimate of drug-likeness (QED) is 0.814. The maximum Gasteiger partial charge on any atom is 0.321 e. The fraction of sp³-hybridized carbons (Fsp3) is 0.353. The average Bonchev–Trinajstić information content (AvgIpc) is 3.03. The molecule has 1 saturated heterocycles. The molecule has 0 unspecified atom stereocenters. The molecule has 0 radical (unpaired) electrons. The molecule has 3 amide bonds. The lowest BCUT2D eigenvalue weighted by atomic mass is 9.96. The molecule has 0 saturated carbocycles. The number of nitrogens with one attached hydrogen (secondary N) is 2. The van der Waals surface area contributed by atoms with Crippen LogP contribution in [0.3, 0.4) is 0 Å². The van der Waals surface area contributed by atoms with Crippen LogP contribution in [0, 0.1) is 12.8 Å². The highest BCUT2D eigenvalue weighted by Gasteiger charge is 2.28. The van der Waals surface area contributed by atoms with Crippen molar-refractivity contribution >= 4 is 46.6 Å². The van der Waals surface area contributed by atoms with E-state index in [1.807, 2.05) is 0 Å². The number of anilines is 2. The Bertz CT molecular complexity index is 816. The second kappa shape index (κ2) is 7.97. The first-order valence-electron chi connectivity index (χ1n) is 8.17. The highest BCUT2D eigenvalue weighted by Crippen LogP contribution is 2.26. The molecule has 1 aromatic heterocycles. The SMILES string of the molecule is Cc1cc(NC(=O)C2CCN(C(=O)Nc3ccc(Cl)c(Cl)c3)CC2)no1. The molecule has 3 rings (SSSR count). The summed E-state index contributed by atoms with van der Waals surface area (Å²) in [5.74, 6) is 0.769. The monoisotopic (exact) mass is 396 g/mol. The standard InChI is InChI=1S/C17H18Cl2N4O3/c1-10-8-15(22-26-10)21-16(24)11-4-6-23(7-5-11)17(25)20-12-2-3-13(18)14(19)9-12/h2-3,8-9,11H,4-7H2,1H3,(H,20,25)(H,21,22,24). The zero-order valence-electron chi connectivity index (χ0n) is 14.1. The summed E-state index contributed by atoms with van der Waals surface area (Å²) in [6, 6.07) is 6.35. The number of carbonyl (C=O) groups excluding carboxylic acids is 2. The number of urea groups is 1.